The maximum absolute atomic E-state index is 12.9. The largest absolute Gasteiger partial charge is 0.462 e. The fourth-order valence-electron chi connectivity index (χ4n) is 6.81. The van der Waals surface area contributed by atoms with E-state index < -0.39 is 0 Å². The quantitative estimate of drug-likeness (QED) is 0.234. The molecule has 0 N–H and O–H groups in total. The Morgan fingerprint density at radius 3 is 1.91 bits per heavy atom. The molecule has 4 rings (SSSR count). The van der Waals surface area contributed by atoms with E-state index in [4.69, 9.17) is 14.2 Å². The van der Waals surface area contributed by atoms with Gasteiger partial charge in [-0.15, -0.1) is 0 Å². The second kappa shape index (κ2) is 12.0. The molecule has 0 radical (unpaired) electrons. The molecule has 4 fully saturated rings. The summed E-state index contributed by atoms with van der Waals surface area (Å²) in [4.78, 5) is 25.0. The predicted molar refractivity (Wildman–Crippen MR) is 129 cm³/mol. The van der Waals surface area contributed by atoms with Crippen LogP contribution >= 0.6 is 0 Å². The fraction of sp³-hybridized carbons (Fsp3) is 0.929. The normalized spacial score (nSPS) is 31.0. The molecule has 0 saturated heterocycles. The lowest BCUT2D eigenvalue weighted by atomic mass is 9.55. The molecule has 3 atom stereocenters. The lowest BCUT2D eigenvalue weighted by Crippen LogP contribution is -2.49. The van der Waals surface area contributed by atoms with E-state index in [9.17, 15) is 9.59 Å². The summed E-state index contributed by atoms with van der Waals surface area (Å²) in [6.45, 7) is 12.3. The van der Waals surface area contributed by atoms with E-state index in [-0.39, 0.29) is 42.8 Å². The van der Waals surface area contributed by atoms with Gasteiger partial charge in [-0.1, -0.05) is 41.5 Å². The van der Waals surface area contributed by atoms with Crippen molar-refractivity contribution in [3.05, 3.63) is 0 Å². The van der Waals surface area contributed by atoms with Gasteiger partial charge in [-0.3, -0.25) is 9.59 Å². The fourth-order valence-corrected chi connectivity index (χ4v) is 6.81. The average molecular weight is 465 g/mol. The van der Waals surface area contributed by atoms with Crippen molar-refractivity contribution in [2.24, 2.45) is 47.3 Å². The van der Waals surface area contributed by atoms with E-state index in [0.29, 0.717) is 23.7 Å². The van der Waals surface area contributed by atoms with Gasteiger partial charge < -0.3 is 14.2 Å². The molecule has 5 nitrogen and oxygen atoms in total. The van der Waals surface area contributed by atoms with Gasteiger partial charge >= 0.3 is 11.9 Å². The van der Waals surface area contributed by atoms with Crippen molar-refractivity contribution in [1.29, 1.82) is 0 Å². The molecular formula is C28H48O5. The highest BCUT2D eigenvalue weighted by atomic mass is 16.7. The summed E-state index contributed by atoms with van der Waals surface area (Å²) >= 11 is 0. The van der Waals surface area contributed by atoms with Gasteiger partial charge in [0.05, 0.1) is 17.9 Å². The third-order valence-corrected chi connectivity index (χ3v) is 8.73. The summed E-state index contributed by atoms with van der Waals surface area (Å²) in [5.74, 6) is 3.34. The Bertz CT molecular complexity index is 614. The molecule has 3 unspecified atom stereocenters. The summed E-state index contributed by atoms with van der Waals surface area (Å²) in [7, 11) is 0. The first-order chi connectivity index (χ1) is 15.7. The van der Waals surface area contributed by atoms with Crippen LogP contribution in [0.3, 0.4) is 0 Å². The van der Waals surface area contributed by atoms with Gasteiger partial charge in [0.2, 0.25) is 0 Å². The van der Waals surface area contributed by atoms with Crippen molar-refractivity contribution < 1.29 is 23.8 Å². The second-order valence-corrected chi connectivity index (χ2v) is 11.8. The number of esters is 2. The molecule has 4 aliphatic rings. The molecule has 0 aliphatic heterocycles. The molecule has 4 bridgehead atoms. The molecule has 4 aliphatic carbocycles. The number of carbonyl (C=O) groups is 2. The highest BCUT2D eigenvalue weighted by Gasteiger charge is 2.48. The zero-order valence-corrected chi connectivity index (χ0v) is 21.9. The molecule has 0 aromatic carbocycles. The van der Waals surface area contributed by atoms with E-state index in [1.165, 1.54) is 32.1 Å². The highest BCUT2D eigenvalue weighted by molar-refractivity contribution is 5.72. The SMILES string of the molecule is CCC(CC(CC(CC)C(=O)OCOC1C2CC3CC(C2)CC1C3)C(C)C)OC(=O)C(C)C. The Balaban J connectivity index is 1.47. The number of rotatable bonds is 13. The van der Waals surface area contributed by atoms with Crippen LogP contribution in [-0.2, 0) is 23.8 Å². The minimum atomic E-state index is -0.141. The maximum atomic E-state index is 12.9. The van der Waals surface area contributed by atoms with Crippen LogP contribution in [0.4, 0.5) is 0 Å². The van der Waals surface area contributed by atoms with Crippen molar-refractivity contribution in [2.45, 2.75) is 112 Å². The first-order valence-electron chi connectivity index (χ1n) is 13.7. The van der Waals surface area contributed by atoms with E-state index in [1.54, 1.807) is 0 Å². The van der Waals surface area contributed by atoms with Crippen LogP contribution < -0.4 is 0 Å². The van der Waals surface area contributed by atoms with Crippen LogP contribution in [0.25, 0.3) is 0 Å². The topological polar surface area (TPSA) is 61.8 Å². The van der Waals surface area contributed by atoms with Gasteiger partial charge in [-0.2, -0.15) is 0 Å². The van der Waals surface area contributed by atoms with Crippen molar-refractivity contribution in [3.63, 3.8) is 0 Å². The van der Waals surface area contributed by atoms with Crippen molar-refractivity contribution in [3.8, 4) is 0 Å². The lowest BCUT2D eigenvalue weighted by Gasteiger charge is -2.53. The molecule has 0 spiro atoms. The summed E-state index contributed by atoms with van der Waals surface area (Å²) in [6.07, 6.45) is 9.94. The molecule has 190 valence electrons. The third kappa shape index (κ3) is 6.96. The highest BCUT2D eigenvalue weighted by Crippen LogP contribution is 2.54. The minimum absolute atomic E-state index is 0.0955. The van der Waals surface area contributed by atoms with Crippen LogP contribution in [0.15, 0.2) is 0 Å². The maximum Gasteiger partial charge on any atom is 0.311 e. The number of ether oxygens (including phenoxy) is 3. The Kier molecular flexibility index (Phi) is 9.67. The summed E-state index contributed by atoms with van der Waals surface area (Å²) in [5.41, 5.74) is 0. The molecule has 0 heterocycles. The van der Waals surface area contributed by atoms with Gasteiger partial charge in [0.15, 0.2) is 6.79 Å². The summed E-state index contributed by atoms with van der Waals surface area (Å²) in [5, 5.41) is 0. The Labute approximate surface area is 201 Å². The minimum Gasteiger partial charge on any atom is -0.462 e. The van der Waals surface area contributed by atoms with Gasteiger partial charge in [0, 0.05) is 0 Å². The van der Waals surface area contributed by atoms with Crippen molar-refractivity contribution in [1.82, 2.24) is 0 Å². The Hall–Kier alpha value is -1.10. The van der Waals surface area contributed by atoms with E-state index in [0.717, 1.165) is 37.5 Å². The van der Waals surface area contributed by atoms with Gasteiger partial charge in [-0.05, 0) is 93.3 Å². The first kappa shape index (κ1) is 26.5. The van der Waals surface area contributed by atoms with Crippen LogP contribution in [0, 0.1) is 47.3 Å². The first-order valence-corrected chi connectivity index (χ1v) is 13.7. The van der Waals surface area contributed by atoms with E-state index in [2.05, 4.69) is 27.7 Å². The third-order valence-electron chi connectivity index (χ3n) is 8.73. The zero-order chi connectivity index (χ0) is 24.1. The van der Waals surface area contributed by atoms with Crippen LogP contribution in [0.5, 0.6) is 0 Å². The van der Waals surface area contributed by atoms with Crippen molar-refractivity contribution >= 4 is 11.9 Å². The number of hydrogen-bond donors (Lipinski definition) is 0. The zero-order valence-electron chi connectivity index (χ0n) is 21.9. The van der Waals surface area contributed by atoms with Crippen LogP contribution in [0.2, 0.25) is 0 Å². The van der Waals surface area contributed by atoms with Gasteiger partial charge in [0.25, 0.3) is 0 Å². The predicted octanol–water partition coefficient (Wildman–Crippen LogP) is 6.38. The van der Waals surface area contributed by atoms with E-state index >= 15 is 0 Å². The van der Waals surface area contributed by atoms with Crippen LogP contribution in [-0.4, -0.2) is 30.9 Å². The number of hydrogen-bond acceptors (Lipinski definition) is 5. The molecule has 5 heteroatoms. The average Bonchev–Trinajstić information content (AvgIpc) is 2.76. The van der Waals surface area contributed by atoms with Gasteiger partial charge in [-0.25, -0.2) is 0 Å². The molecule has 0 amide bonds. The molecular weight excluding hydrogens is 416 g/mol. The number of carbonyl (C=O) groups excluding carboxylic acids is 2. The molecule has 0 aromatic heterocycles. The monoisotopic (exact) mass is 464 g/mol. The van der Waals surface area contributed by atoms with Gasteiger partial charge in [0.1, 0.15) is 6.10 Å². The Morgan fingerprint density at radius 1 is 0.818 bits per heavy atom. The summed E-state index contributed by atoms with van der Waals surface area (Å²) in [6, 6.07) is 0. The lowest BCUT2D eigenvalue weighted by molar-refractivity contribution is -0.190. The molecule has 0 aromatic rings. The smallest absolute Gasteiger partial charge is 0.311 e. The standard InChI is InChI=1S/C28H48O5/c1-7-21(14-22(17(3)4)15-25(8-2)33-27(29)18(5)6)28(30)32-16-31-26-23-10-19-9-20(12-23)13-24(26)11-19/h17-26H,7-16H2,1-6H3. The summed E-state index contributed by atoms with van der Waals surface area (Å²) < 4.78 is 17.6. The van der Waals surface area contributed by atoms with E-state index in [1.807, 2.05) is 13.8 Å². The molecule has 33 heavy (non-hydrogen) atoms. The Morgan fingerprint density at radius 2 is 1.42 bits per heavy atom. The van der Waals surface area contributed by atoms with Crippen molar-refractivity contribution in [2.75, 3.05) is 6.79 Å². The van der Waals surface area contributed by atoms with Crippen LogP contribution in [0.1, 0.15) is 99.3 Å². The second-order valence-electron chi connectivity index (χ2n) is 11.8. The molecule has 4 saturated carbocycles.